The van der Waals surface area contributed by atoms with E-state index < -0.39 is 27.4 Å². The van der Waals surface area contributed by atoms with E-state index in [-0.39, 0.29) is 9.04 Å². The molecule has 4 heteroatoms. The third-order valence-electron chi connectivity index (χ3n) is 10.3. The predicted octanol–water partition coefficient (Wildman–Crippen LogP) is 10.6. The molecule has 5 aromatic carbocycles. The molecule has 0 amide bonds. The predicted molar refractivity (Wildman–Crippen MR) is 207 cm³/mol. The van der Waals surface area contributed by atoms with Gasteiger partial charge in [-0.25, -0.2) is 0 Å². The van der Waals surface area contributed by atoms with Gasteiger partial charge >= 0.3 is 298 Å². The normalized spacial score (nSPS) is 16.1. The van der Waals surface area contributed by atoms with Crippen LogP contribution >= 0.6 is 17.0 Å². The van der Waals surface area contributed by atoms with Crippen molar-refractivity contribution in [3.63, 3.8) is 0 Å². The van der Waals surface area contributed by atoms with Crippen LogP contribution in [0.4, 0.5) is 0 Å². The molecule has 238 valence electrons. The Morgan fingerprint density at radius 2 is 1.30 bits per heavy atom. The average Bonchev–Trinajstić information content (AvgIpc) is 3.64. The summed E-state index contributed by atoms with van der Waals surface area (Å²) in [6.45, 7) is 16.2. The van der Waals surface area contributed by atoms with Gasteiger partial charge in [0, 0.05) is 0 Å². The first-order valence-corrected chi connectivity index (χ1v) is 27.4. The Hall–Kier alpha value is -2.48. The molecule has 0 aromatic heterocycles. The maximum atomic E-state index is 8.07. The molecule has 1 aliphatic carbocycles. The molecule has 0 spiro atoms. The summed E-state index contributed by atoms with van der Waals surface area (Å²) in [6, 6.07) is 38.5. The summed E-state index contributed by atoms with van der Waals surface area (Å²) in [4.78, 5) is 0. The number of rotatable bonds is 6. The van der Waals surface area contributed by atoms with Gasteiger partial charge in [0.15, 0.2) is 0 Å². The van der Waals surface area contributed by atoms with Crippen LogP contribution < -0.4 is 13.6 Å². The molecular weight excluding hydrogens is 707 g/mol. The quantitative estimate of drug-likeness (QED) is 0.149. The van der Waals surface area contributed by atoms with Crippen molar-refractivity contribution in [2.24, 2.45) is 5.41 Å². The van der Waals surface area contributed by atoms with E-state index in [1.54, 1.807) is 0 Å². The topological polar surface area (TPSA) is 0 Å². The molecule has 0 saturated carbocycles. The summed E-state index contributed by atoms with van der Waals surface area (Å²) in [5.41, 5.74) is 14.5. The van der Waals surface area contributed by atoms with Gasteiger partial charge in [0.2, 0.25) is 0 Å². The first-order valence-electron chi connectivity index (χ1n) is 17.0. The van der Waals surface area contributed by atoms with Crippen LogP contribution in [0.15, 0.2) is 109 Å². The summed E-state index contributed by atoms with van der Waals surface area (Å²) in [5, 5.41) is 2.98. The molecule has 0 fully saturated rings. The van der Waals surface area contributed by atoms with Crippen molar-refractivity contribution in [2.75, 3.05) is 0 Å². The van der Waals surface area contributed by atoms with E-state index in [1.807, 2.05) is 0 Å². The molecule has 47 heavy (non-hydrogen) atoms. The van der Waals surface area contributed by atoms with E-state index in [0.29, 0.717) is 11.8 Å². The molecule has 7 rings (SSSR count). The van der Waals surface area contributed by atoms with Crippen molar-refractivity contribution >= 4 is 46.3 Å². The molecule has 1 heterocycles. The van der Waals surface area contributed by atoms with Crippen LogP contribution in [0, 0.1) is 5.41 Å². The summed E-state index contributed by atoms with van der Waals surface area (Å²) in [5.74, 6) is 0.863. The summed E-state index contributed by atoms with van der Waals surface area (Å²) >= 11 is -4.15. The Morgan fingerprint density at radius 1 is 0.660 bits per heavy atom. The van der Waals surface area contributed by atoms with Crippen molar-refractivity contribution in [2.45, 2.75) is 63.9 Å². The summed E-state index contributed by atoms with van der Waals surface area (Å²) in [6.07, 6.45) is 2.49. The Labute approximate surface area is 295 Å². The molecule has 0 nitrogen and oxygen atoms in total. The fourth-order valence-corrected chi connectivity index (χ4v) is 24.9. The molecule has 0 bridgehead atoms. The minimum absolute atomic E-state index is 0.0215. The van der Waals surface area contributed by atoms with Gasteiger partial charge in [-0.3, -0.25) is 0 Å². The molecule has 5 aromatic rings. The zero-order valence-electron chi connectivity index (χ0n) is 28.6. The average molecular weight is 751 g/mol. The van der Waals surface area contributed by atoms with Crippen LogP contribution in [0.25, 0.3) is 39.5 Å². The van der Waals surface area contributed by atoms with Crippen LogP contribution in [0.5, 0.6) is 0 Å². The van der Waals surface area contributed by atoms with Gasteiger partial charge in [0.05, 0.1) is 0 Å². The van der Waals surface area contributed by atoms with Gasteiger partial charge in [-0.05, 0) is 0 Å². The third-order valence-corrected chi connectivity index (χ3v) is 24.5. The van der Waals surface area contributed by atoms with E-state index in [1.165, 1.54) is 74.9 Å². The van der Waals surface area contributed by atoms with Crippen molar-refractivity contribution in [3.8, 4) is 33.4 Å². The van der Waals surface area contributed by atoms with Crippen LogP contribution in [-0.2, 0) is 17.9 Å². The molecule has 0 N–H and O–H groups in total. The first kappa shape index (κ1) is 33.0. The van der Waals surface area contributed by atoms with E-state index in [2.05, 4.69) is 158 Å². The number of hydrogen-bond acceptors (Lipinski definition) is 0. The van der Waals surface area contributed by atoms with Crippen LogP contribution in [-0.4, -0.2) is 9.52 Å². The van der Waals surface area contributed by atoms with Crippen LogP contribution in [0.1, 0.15) is 86.2 Å². The monoisotopic (exact) mass is 748 g/mol. The second-order valence-electron chi connectivity index (χ2n) is 15.1. The number of halogens is 2. The van der Waals surface area contributed by atoms with Crippen molar-refractivity contribution < 1.29 is 17.9 Å². The molecular formula is C43H44Cl2SiZr. The van der Waals surface area contributed by atoms with Crippen molar-refractivity contribution in [1.82, 2.24) is 0 Å². The first-order chi connectivity index (χ1) is 22.4. The maximum absolute atomic E-state index is 8.07. The second kappa shape index (κ2) is 12.4. The standard InChI is InChI=1S/C31H35.C12H9Si.2ClH.Zr/c1-20(2)24-15-25(21(3)4)17-26(16-24)30-28(22-11-9-8-10-12-22)14-13-23-18-27(19-29(23)30)31(5,6)7;1-3-7-11-9(5-1)10-6-2-4-8-12(10)13-11;;;/h8-21H,1-7H3;1-7H,13H2;2*1H;/q;;;;+2/p-2. The van der Waals surface area contributed by atoms with E-state index in [0.717, 1.165) is 0 Å². The zero-order valence-corrected chi connectivity index (χ0v) is 34.0. The number of fused-ring (bicyclic) bond motifs is 4. The van der Waals surface area contributed by atoms with Gasteiger partial charge in [-0.1, -0.05) is 0 Å². The molecule has 1 aliphatic heterocycles. The van der Waals surface area contributed by atoms with E-state index in [9.17, 15) is 0 Å². The molecule has 0 radical (unpaired) electrons. The van der Waals surface area contributed by atoms with Gasteiger partial charge in [-0.2, -0.15) is 0 Å². The molecule has 2 aliphatic rings. The van der Waals surface area contributed by atoms with Crippen molar-refractivity contribution in [1.29, 1.82) is 0 Å². The second-order valence-corrected chi connectivity index (χ2v) is 31.0. The third kappa shape index (κ3) is 5.82. The van der Waals surface area contributed by atoms with Gasteiger partial charge in [0.1, 0.15) is 0 Å². The Bertz CT molecular complexity index is 2010. The van der Waals surface area contributed by atoms with Crippen LogP contribution in [0.3, 0.4) is 0 Å². The fraction of sp³-hybridized carbons (Fsp3) is 0.256. The Balaban J connectivity index is 1.49. The summed E-state index contributed by atoms with van der Waals surface area (Å²) in [7, 11) is 15.5. The molecule has 1 atom stereocenters. The zero-order chi connectivity index (χ0) is 33.2. The van der Waals surface area contributed by atoms with E-state index >= 15 is 0 Å². The molecule has 0 saturated heterocycles. The Kier molecular flexibility index (Phi) is 8.75. The SMILES string of the molecule is CC(C)c1cc(-c2c(-c3ccccc3)ccc3c2C=C(C(C)(C)C)[CH]3[Zr]([Cl])([Cl])[c]2cccc3c2[SiH2]c2ccccc2-3)cc(C(C)C)c1. The summed E-state index contributed by atoms with van der Waals surface area (Å²) < 4.78 is 1.31. The van der Waals surface area contributed by atoms with Crippen LogP contribution in [0.2, 0.25) is 0 Å². The van der Waals surface area contributed by atoms with Crippen molar-refractivity contribution in [3.05, 3.63) is 131 Å². The number of allylic oxidation sites excluding steroid dienone is 1. The minimum atomic E-state index is -4.15. The number of hydrogen-bond donors (Lipinski definition) is 0. The van der Waals surface area contributed by atoms with Gasteiger partial charge in [-0.15, -0.1) is 0 Å². The number of benzene rings is 5. The van der Waals surface area contributed by atoms with Gasteiger partial charge < -0.3 is 0 Å². The Morgan fingerprint density at radius 3 is 1.96 bits per heavy atom. The fourth-order valence-electron chi connectivity index (χ4n) is 7.77. The van der Waals surface area contributed by atoms with Gasteiger partial charge in [0.25, 0.3) is 0 Å². The molecule has 1 unspecified atom stereocenters. The van der Waals surface area contributed by atoms with E-state index in [4.69, 9.17) is 17.0 Å².